The van der Waals surface area contributed by atoms with Crippen LogP contribution in [0.1, 0.15) is 15.3 Å². The molecule has 0 fully saturated rings. The van der Waals surface area contributed by atoms with Gasteiger partial charge in [-0.25, -0.2) is 0 Å². The van der Waals surface area contributed by atoms with Crippen LogP contribution in [-0.2, 0) is 8.85 Å². The summed E-state index contributed by atoms with van der Waals surface area (Å²) < 4.78 is 10.4. The molecule has 0 bridgehead atoms. The van der Waals surface area contributed by atoms with Crippen molar-refractivity contribution in [3.63, 3.8) is 0 Å². The standard InChI is InChI=1S/C5H14O2Si.Li.H/c1-4-6-8(3)7-5-2;;/h8H,4-5H2,1-3H3;;/q;+1;-1. The molecular weight excluding hydrogens is 127 g/mol. The van der Waals surface area contributed by atoms with E-state index in [9.17, 15) is 0 Å². The molecule has 0 amide bonds. The Morgan fingerprint density at radius 3 is 1.78 bits per heavy atom. The molecule has 0 radical (unpaired) electrons. The molecule has 9 heavy (non-hydrogen) atoms. The van der Waals surface area contributed by atoms with E-state index in [2.05, 4.69) is 0 Å². The molecule has 0 saturated carbocycles. The summed E-state index contributed by atoms with van der Waals surface area (Å²) in [5.41, 5.74) is 0. The molecule has 0 aliphatic rings. The van der Waals surface area contributed by atoms with Gasteiger partial charge in [0, 0.05) is 13.2 Å². The summed E-state index contributed by atoms with van der Waals surface area (Å²) in [4.78, 5) is 0. The van der Waals surface area contributed by atoms with Gasteiger partial charge in [-0.05, 0) is 20.4 Å². The third kappa shape index (κ3) is 8.73. The van der Waals surface area contributed by atoms with Gasteiger partial charge < -0.3 is 10.3 Å². The Bertz CT molecular complexity index is 52.9. The van der Waals surface area contributed by atoms with E-state index in [0.717, 1.165) is 13.2 Å². The van der Waals surface area contributed by atoms with Crippen LogP contribution in [0, 0.1) is 0 Å². The first-order valence-corrected chi connectivity index (χ1v) is 5.14. The van der Waals surface area contributed by atoms with Crippen LogP contribution in [0.2, 0.25) is 6.55 Å². The first-order chi connectivity index (χ1) is 3.81. The van der Waals surface area contributed by atoms with Gasteiger partial charge in [-0.3, -0.25) is 0 Å². The SMILES string of the molecule is CCO[SiH](C)OCC.[H-].[Li+]. The molecule has 0 saturated heterocycles. The predicted octanol–water partition coefficient (Wildman–Crippen LogP) is -1.97. The Morgan fingerprint density at radius 2 is 1.56 bits per heavy atom. The van der Waals surface area contributed by atoms with Crippen LogP contribution in [0.3, 0.4) is 0 Å². The molecule has 0 heterocycles. The maximum Gasteiger partial charge on any atom is 1.00 e. The fourth-order valence-corrected chi connectivity index (χ4v) is 1.55. The van der Waals surface area contributed by atoms with E-state index in [1.807, 2.05) is 20.4 Å². The van der Waals surface area contributed by atoms with E-state index in [1.54, 1.807) is 0 Å². The Kier molecular flexibility index (Phi) is 12.0. The number of rotatable bonds is 4. The van der Waals surface area contributed by atoms with Crippen LogP contribution in [0.5, 0.6) is 0 Å². The van der Waals surface area contributed by atoms with Crippen molar-refractivity contribution in [2.24, 2.45) is 0 Å². The summed E-state index contributed by atoms with van der Waals surface area (Å²) in [6, 6.07) is 0. The van der Waals surface area contributed by atoms with Crippen LogP contribution in [0.4, 0.5) is 0 Å². The van der Waals surface area contributed by atoms with E-state index in [-0.39, 0.29) is 20.3 Å². The molecule has 0 atom stereocenters. The zero-order valence-corrected chi connectivity index (χ0v) is 7.96. The summed E-state index contributed by atoms with van der Waals surface area (Å²) in [6.45, 7) is 7.58. The van der Waals surface area contributed by atoms with Gasteiger partial charge in [0.25, 0.3) is 0 Å². The van der Waals surface area contributed by atoms with Crippen LogP contribution < -0.4 is 18.9 Å². The number of hydrogen-bond donors (Lipinski definition) is 0. The van der Waals surface area contributed by atoms with E-state index >= 15 is 0 Å². The van der Waals surface area contributed by atoms with Crippen molar-refractivity contribution in [2.45, 2.75) is 20.4 Å². The van der Waals surface area contributed by atoms with Gasteiger partial charge in [-0.2, -0.15) is 0 Å². The summed E-state index contributed by atoms with van der Waals surface area (Å²) in [7, 11) is -1.20. The molecular formula is C5H15LiO2Si. The van der Waals surface area contributed by atoms with Crippen molar-refractivity contribution in [1.29, 1.82) is 0 Å². The number of hydrogen-bond acceptors (Lipinski definition) is 2. The maximum atomic E-state index is 5.20. The smallest absolute Gasteiger partial charge is 1.00 e. The average Bonchev–Trinajstić information content (AvgIpc) is 1.68. The Balaban J connectivity index is -0.000000245. The normalized spacial score (nSPS) is 9.33. The van der Waals surface area contributed by atoms with Gasteiger partial charge >= 0.3 is 28.1 Å². The Morgan fingerprint density at radius 1 is 1.22 bits per heavy atom. The van der Waals surface area contributed by atoms with Crippen molar-refractivity contribution in [3.05, 3.63) is 0 Å². The summed E-state index contributed by atoms with van der Waals surface area (Å²) in [5, 5.41) is 0. The van der Waals surface area contributed by atoms with E-state index in [1.165, 1.54) is 0 Å². The van der Waals surface area contributed by atoms with Gasteiger partial charge in [-0.1, -0.05) is 0 Å². The molecule has 2 nitrogen and oxygen atoms in total. The summed E-state index contributed by atoms with van der Waals surface area (Å²) >= 11 is 0. The Labute approximate surface area is 72.4 Å². The zero-order valence-electron chi connectivity index (χ0n) is 7.81. The van der Waals surface area contributed by atoms with E-state index in [4.69, 9.17) is 8.85 Å². The van der Waals surface area contributed by atoms with Gasteiger partial charge in [0.05, 0.1) is 0 Å². The van der Waals surface area contributed by atoms with Crippen molar-refractivity contribution < 1.29 is 29.1 Å². The van der Waals surface area contributed by atoms with Gasteiger partial charge in [0.1, 0.15) is 0 Å². The summed E-state index contributed by atoms with van der Waals surface area (Å²) in [6.07, 6.45) is 0. The minimum Gasteiger partial charge on any atom is -1.00 e. The maximum absolute atomic E-state index is 5.20. The quantitative estimate of drug-likeness (QED) is 0.424. The van der Waals surface area contributed by atoms with E-state index in [0.29, 0.717) is 0 Å². The molecule has 0 spiro atoms. The second kappa shape index (κ2) is 8.73. The molecule has 0 aliphatic heterocycles. The molecule has 4 heteroatoms. The minimum absolute atomic E-state index is 0. The largest absolute Gasteiger partial charge is 1.00 e. The topological polar surface area (TPSA) is 18.5 Å². The van der Waals surface area contributed by atoms with Crippen molar-refractivity contribution in [3.8, 4) is 0 Å². The second-order valence-corrected chi connectivity index (χ2v) is 3.28. The summed E-state index contributed by atoms with van der Waals surface area (Å²) in [5.74, 6) is 0. The van der Waals surface area contributed by atoms with Crippen molar-refractivity contribution in [2.75, 3.05) is 13.2 Å². The van der Waals surface area contributed by atoms with Crippen molar-refractivity contribution >= 4 is 9.28 Å². The first kappa shape index (κ1) is 12.4. The van der Waals surface area contributed by atoms with Gasteiger partial charge in [0.2, 0.25) is 0 Å². The molecule has 0 rings (SSSR count). The van der Waals surface area contributed by atoms with Crippen LogP contribution in [0.15, 0.2) is 0 Å². The third-order valence-electron chi connectivity index (χ3n) is 0.803. The monoisotopic (exact) mass is 142 g/mol. The van der Waals surface area contributed by atoms with Gasteiger partial charge in [-0.15, -0.1) is 0 Å². The fraction of sp³-hybridized carbons (Fsp3) is 1.00. The molecule has 0 aromatic carbocycles. The molecule has 0 aliphatic carbocycles. The van der Waals surface area contributed by atoms with Crippen LogP contribution in [0.25, 0.3) is 0 Å². The fourth-order valence-electron chi connectivity index (χ4n) is 0.518. The minimum atomic E-state index is -1.20. The second-order valence-electron chi connectivity index (χ2n) is 1.48. The third-order valence-corrected chi connectivity index (χ3v) is 2.41. The molecule has 0 aromatic heterocycles. The first-order valence-electron chi connectivity index (χ1n) is 3.04. The zero-order chi connectivity index (χ0) is 6.41. The predicted molar refractivity (Wildman–Crippen MR) is 37.4 cm³/mol. The Hall–Kier alpha value is 0.734. The van der Waals surface area contributed by atoms with Gasteiger partial charge in [0.15, 0.2) is 0 Å². The van der Waals surface area contributed by atoms with E-state index < -0.39 is 9.28 Å². The molecule has 0 aromatic rings. The average molecular weight is 142 g/mol. The van der Waals surface area contributed by atoms with Crippen LogP contribution in [-0.4, -0.2) is 22.5 Å². The van der Waals surface area contributed by atoms with Crippen LogP contribution >= 0.6 is 0 Å². The molecule has 0 N–H and O–H groups in total. The molecule has 0 unspecified atom stereocenters. The van der Waals surface area contributed by atoms with Crippen molar-refractivity contribution in [1.82, 2.24) is 0 Å². The molecule has 52 valence electrons.